The summed E-state index contributed by atoms with van der Waals surface area (Å²) in [5, 5.41) is 0. The van der Waals surface area contributed by atoms with Gasteiger partial charge in [-0.1, -0.05) is 19.3 Å². The van der Waals surface area contributed by atoms with Crippen molar-refractivity contribution in [3.8, 4) is 0 Å². The predicted molar refractivity (Wildman–Crippen MR) is 72.8 cm³/mol. The van der Waals surface area contributed by atoms with Crippen LogP contribution in [0.3, 0.4) is 0 Å². The largest absolute Gasteiger partial charge is 0.463 e. The zero-order valence-corrected chi connectivity index (χ0v) is 12.0. The van der Waals surface area contributed by atoms with E-state index >= 15 is 0 Å². The number of hydrogen-bond donors (Lipinski definition) is 1. The molecule has 0 aromatic rings. The van der Waals surface area contributed by atoms with E-state index in [-0.39, 0.29) is 5.97 Å². The van der Waals surface area contributed by atoms with Gasteiger partial charge in [0, 0.05) is 26.9 Å². The molecule has 0 heterocycles. The Bertz CT molecular complexity index is 252. The van der Waals surface area contributed by atoms with Crippen LogP contribution in [0.4, 0.5) is 0 Å². The highest BCUT2D eigenvalue weighted by molar-refractivity contribution is 5.77. The summed E-state index contributed by atoms with van der Waals surface area (Å²) in [4.78, 5) is 12.1. The van der Waals surface area contributed by atoms with Gasteiger partial charge in [0.05, 0.1) is 12.0 Å². The first-order chi connectivity index (χ1) is 9.25. The molecule has 1 rings (SSSR count). The fraction of sp³-hybridized carbons (Fsp3) is 0.929. The van der Waals surface area contributed by atoms with Gasteiger partial charge in [0.25, 0.3) is 0 Å². The molecule has 1 fully saturated rings. The van der Waals surface area contributed by atoms with Gasteiger partial charge in [-0.2, -0.15) is 0 Å². The molecule has 5 heteroatoms. The summed E-state index contributed by atoms with van der Waals surface area (Å²) in [6, 6.07) is 0. The summed E-state index contributed by atoms with van der Waals surface area (Å²) in [6.07, 6.45) is 5.91. The first-order valence-corrected chi connectivity index (χ1v) is 7.19. The third-order valence-corrected chi connectivity index (χ3v) is 3.73. The first-order valence-electron chi connectivity index (χ1n) is 7.19. The Morgan fingerprint density at radius 2 is 1.84 bits per heavy atom. The summed E-state index contributed by atoms with van der Waals surface area (Å²) < 4.78 is 15.6. The molecule has 0 aromatic carbocycles. The number of methoxy groups -OCH3 is 1. The van der Waals surface area contributed by atoms with Gasteiger partial charge < -0.3 is 19.9 Å². The number of carbonyl (C=O) groups is 1. The van der Waals surface area contributed by atoms with Gasteiger partial charge in [-0.3, -0.25) is 4.79 Å². The van der Waals surface area contributed by atoms with Gasteiger partial charge >= 0.3 is 5.97 Å². The lowest BCUT2D eigenvalue weighted by molar-refractivity contribution is -0.159. The van der Waals surface area contributed by atoms with E-state index in [9.17, 15) is 4.79 Å². The van der Waals surface area contributed by atoms with E-state index in [2.05, 4.69) is 0 Å². The average molecular weight is 273 g/mol. The van der Waals surface area contributed by atoms with Crippen molar-refractivity contribution in [2.45, 2.75) is 38.5 Å². The topological polar surface area (TPSA) is 70.8 Å². The third kappa shape index (κ3) is 5.47. The van der Waals surface area contributed by atoms with E-state index in [0.29, 0.717) is 33.0 Å². The number of ether oxygens (including phenoxy) is 3. The zero-order chi connectivity index (χ0) is 14.0. The van der Waals surface area contributed by atoms with E-state index in [0.717, 1.165) is 32.1 Å². The van der Waals surface area contributed by atoms with Crippen molar-refractivity contribution in [1.82, 2.24) is 0 Å². The van der Waals surface area contributed by atoms with Crippen LogP contribution in [0.5, 0.6) is 0 Å². The minimum atomic E-state index is -0.436. The monoisotopic (exact) mass is 273 g/mol. The summed E-state index contributed by atoms with van der Waals surface area (Å²) in [5.74, 6) is -0.143. The second kappa shape index (κ2) is 9.28. The van der Waals surface area contributed by atoms with Gasteiger partial charge in [0.1, 0.15) is 6.61 Å². The molecular weight excluding hydrogens is 246 g/mol. The zero-order valence-electron chi connectivity index (χ0n) is 12.0. The van der Waals surface area contributed by atoms with Gasteiger partial charge in [-0.05, 0) is 19.3 Å². The molecule has 0 radical (unpaired) electrons. The Kier molecular flexibility index (Phi) is 8.02. The molecule has 1 saturated carbocycles. The molecule has 0 aromatic heterocycles. The van der Waals surface area contributed by atoms with Gasteiger partial charge in [0.2, 0.25) is 0 Å². The number of rotatable bonds is 9. The molecule has 112 valence electrons. The summed E-state index contributed by atoms with van der Waals surface area (Å²) in [7, 11) is 1.66. The first kappa shape index (κ1) is 16.4. The molecule has 0 bridgehead atoms. The molecule has 0 amide bonds. The molecule has 1 aliphatic carbocycles. The standard InChI is InChI=1S/C14H27NO4/c1-17-8-5-9-18-10-11-19-13(16)14(12-15)6-3-2-4-7-14/h2-12,15H2,1H3. The molecule has 1 aliphatic rings. The highest BCUT2D eigenvalue weighted by Gasteiger charge is 2.39. The van der Waals surface area contributed by atoms with Crippen molar-refractivity contribution in [3.05, 3.63) is 0 Å². The van der Waals surface area contributed by atoms with Gasteiger partial charge in [0.15, 0.2) is 0 Å². The Balaban J connectivity index is 2.15. The maximum Gasteiger partial charge on any atom is 0.313 e. The second-order valence-electron chi connectivity index (χ2n) is 5.14. The Labute approximate surface area is 115 Å². The molecular formula is C14H27NO4. The fourth-order valence-electron chi connectivity index (χ4n) is 2.47. The van der Waals surface area contributed by atoms with Crippen LogP contribution >= 0.6 is 0 Å². The van der Waals surface area contributed by atoms with Crippen LogP contribution in [-0.4, -0.2) is 46.1 Å². The predicted octanol–water partition coefficient (Wildman–Crippen LogP) is 1.49. The molecule has 5 nitrogen and oxygen atoms in total. The lowest BCUT2D eigenvalue weighted by atomic mass is 9.74. The van der Waals surface area contributed by atoms with Gasteiger partial charge in [-0.15, -0.1) is 0 Å². The van der Waals surface area contributed by atoms with Crippen LogP contribution in [0.2, 0.25) is 0 Å². The van der Waals surface area contributed by atoms with Crippen molar-refractivity contribution >= 4 is 5.97 Å². The van der Waals surface area contributed by atoms with Crippen LogP contribution in [0, 0.1) is 5.41 Å². The van der Waals surface area contributed by atoms with Crippen molar-refractivity contribution in [2.75, 3.05) is 40.1 Å². The minimum absolute atomic E-state index is 0.143. The maximum absolute atomic E-state index is 12.1. The number of esters is 1. The van der Waals surface area contributed by atoms with E-state index < -0.39 is 5.41 Å². The van der Waals surface area contributed by atoms with Crippen LogP contribution < -0.4 is 5.73 Å². The summed E-state index contributed by atoms with van der Waals surface area (Å²) in [5.41, 5.74) is 5.34. The van der Waals surface area contributed by atoms with Crippen molar-refractivity contribution in [3.63, 3.8) is 0 Å². The third-order valence-electron chi connectivity index (χ3n) is 3.73. The lowest BCUT2D eigenvalue weighted by Gasteiger charge is -2.33. The molecule has 0 spiro atoms. The van der Waals surface area contributed by atoms with Crippen LogP contribution in [-0.2, 0) is 19.0 Å². The maximum atomic E-state index is 12.1. The number of hydrogen-bond acceptors (Lipinski definition) is 5. The summed E-state index contributed by atoms with van der Waals surface area (Å²) in [6.45, 7) is 2.47. The smallest absolute Gasteiger partial charge is 0.313 e. The van der Waals surface area contributed by atoms with Crippen LogP contribution in [0.25, 0.3) is 0 Å². The van der Waals surface area contributed by atoms with E-state index in [4.69, 9.17) is 19.9 Å². The summed E-state index contributed by atoms with van der Waals surface area (Å²) >= 11 is 0. The molecule has 2 N–H and O–H groups in total. The molecule has 0 unspecified atom stereocenters. The minimum Gasteiger partial charge on any atom is -0.463 e. The molecule has 19 heavy (non-hydrogen) atoms. The van der Waals surface area contributed by atoms with Crippen molar-refractivity contribution < 1.29 is 19.0 Å². The Hall–Kier alpha value is -0.650. The van der Waals surface area contributed by atoms with Crippen molar-refractivity contribution in [2.24, 2.45) is 11.1 Å². The SMILES string of the molecule is COCCCOCCOC(=O)C1(CN)CCCCC1. The number of carbonyl (C=O) groups excluding carboxylic acids is 1. The van der Waals surface area contributed by atoms with Crippen LogP contribution in [0.1, 0.15) is 38.5 Å². The quantitative estimate of drug-likeness (QED) is 0.509. The van der Waals surface area contributed by atoms with Gasteiger partial charge in [-0.25, -0.2) is 0 Å². The molecule has 0 saturated heterocycles. The highest BCUT2D eigenvalue weighted by Crippen LogP contribution is 2.36. The fourth-order valence-corrected chi connectivity index (χ4v) is 2.47. The molecule has 0 atom stereocenters. The average Bonchev–Trinajstić information content (AvgIpc) is 2.46. The Morgan fingerprint density at radius 1 is 1.11 bits per heavy atom. The highest BCUT2D eigenvalue weighted by atomic mass is 16.6. The normalized spacial score (nSPS) is 18.2. The van der Waals surface area contributed by atoms with Crippen molar-refractivity contribution in [1.29, 1.82) is 0 Å². The van der Waals surface area contributed by atoms with Crippen LogP contribution in [0.15, 0.2) is 0 Å². The van der Waals surface area contributed by atoms with E-state index in [1.54, 1.807) is 7.11 Å². The lowest BCUT2D eigenvalue weighted by Crippen LogP contribution is -2.42. The Morgan fingerprint density at radius 3 is 2.47 bits per heavy atom. The number of nitrogens with two attached hydrogens (primary N) is 1. The molecule has 0 aliphatic heterocycles. The second-order valence-corrected chi connectivity index (χ2v) is 5.14. The van der Waals surface area contributed by atoms with E-state index in [1.165, 1.54) is 6.42 Å². The van der Waals surface area contributed by atoms with E-state index in [1.807, 2.05) is 0 Å².